The molecule has 104 valence electrons. The molecule has 0 radical (unpaired) electrons. The molecule has 0 aromatic heterocycles. The number of amides is 1. The molecule has 1 amide bonds. The van der Waals surface area contributed by atoms with Crippen LogP contribution in [0.25, 0.3) is 0 Å². The molecule has 1 aliphatic rings. The van der Waals surface area contributed by atoms with Crippen molar-refractivity contribution in [2.24, 2.45) is 5.92 Å². The third kappa shape index (κ3) is 4.67. The summed E-state index contributed by atoms with van der Waals surface area (Å²) < 4.78 is 5.34. The smallest absolute Gasteiger partial charge is 0.222 e. The van der Waals surface area contributed by atoms with Gasteiger partial charge in [-0.25, -0.2) is 0 Å². The molecule has 2 rings (SSSR count). The maximum Gasteiger partial charge on any atom is 0.222 e. The van der Waals surface area contributed by atoms with Crippen LogP contribution in [0.1, 0.15) is 24.8 Å². The highest BCUT2D eigenvalue weighted by Crippen LogP contribution is 2.14. The Morgan fingerprint density at radius 3 is 2.84 bits per heavy atom. The van der Waals surface area contributed by atoms with Crippen LogP contribution in [0.15, 0.2) is 30.3 Å². The summed E-state index contributed by atoms with van der Waals surface area (Å²) in [6, 6.07) is 10.3. The molecule has 0 spiro atoms. The molecule has 19 heavy (non-hydrogen) atoms. The monoisotopic (exact) mass is 261 g/mol. The first-order chi connectivity index (χ1) is 9.25. The minimum absolute atomic E-state index is 0.253. The number of ether oxygens (including phenoxy) is 1. The van der Waals surface area contributed by atoms with Crippen molar-refractivity contribution in [1.82, 2.24) is 4.90 Å². The summed E-state index contributed by atoms with van der Waals surface area (Å²) in [5.74, 6) is 0.783. The highest BCUT2D eigenvalue weighted by molar-refractivity contribution is 5.75. The van der Waals surface area contributed by atoms with Crippen molar-refractivity contribution < 1.29 is 9.53 Å². The van der Waals surface area contributed by atoms with Gasteiger partial charge in [-0.1, -0.05) is 30.3 Å². The largest absolute Gasteiger partial charge is 0.381 e. The van der Waals surface area contributed by atoms with Gasteiger partial charge in [-0.3, -0.25) is 4.79 Å². The molecule has 1 atom stereocenters. The predicted octanol–water partition coefficient (Wildman–Crippen LogP) is 2.50. The van der Waals surface area contributed by atoms with Crippen LogP contribution in [0.3, 0.4) is 0 Å². The van der Waals surface area contributed by atoms with Gasteiger partial charge in [0, 0.05) is 32.5 Å². The van der Waals surface area contributed by atoms with Gasteiger partial charge in [0.1, 0.15) is 0 Å². The molecule has 1 fully saturated rings. The lowest BCUT2D eigenvalue weighted by Gasteiger charge is -2.20. The van der Waals surface area contributed by atoms with E-state index in [0.717, 1.165) is 39.0 Å². The molecular formula is C16H23NO2. The average molecular weight is 261 g/mol. The number of nitrogens with zero attached hydrogens (tertiary/aromatic N) is 1. The van der Waals surface area contributed by atoms with E-state index in [9.17, 15) is 4.79 Å². The fraction of sp³-hybridized carbons (Fsp3) is 0.562. The van der Waals surface area contributed by atoms with E-state index in [2.05, 4.69) is 12.1 Å². The number of hydrogen-bond acceptors (Lipinski definition) is 2. The van der Waals surface area contributed by atoms with E-state index < -0.39 is 0 Å². The van der Waals surface area contributed by atoms with Gasteiger partial charge in [-0.15, -0.1) is 0 Å². The van der Waals surface area contributed by atoms with Gasteiger partial charge < -0.3 is 9.64 Å². The Labute approximate surface area is 115 Å². The Morgan fingerprint density at radius 1 is 1.37 bits per heavy atom. The fourth-order valence-corrected chi connectivity index (χ4v) is 2.50. The van der Waals surface area contributed by atoms with Crippen LogP contribution >= 0.6 is 0 Å². The normalized spacial score (nSPS) is 18.5. The van der Waals surface area contributed by atoms with E-state index in [1.54, 1.807) is 0 Å². The first-order valence-corrected chi connectivity index (χ1v) is 7.11. The quantitative estimate of drug-likeness (QED) is 0.787. The summed E-state index contributed by atoms with van der Waals surface area (Å²) >= 11 is 0. The molecule has 1 heterocycles. The fourth-order valence-electron chi connectivity index (χ4n) is 2.50. The minimum Gasteiger partial charge on any atom is -0.381 e. The number of aryl methyl sites for hydroxylation is 1. The summed E-state index contributed by atoms with van der Waals surface area (Å²) in [7, 11) is 1.91. The average Bonchev–Trinajstić information content (AvgIpc) is 2.92. The maximum atomic E-state index is 12.0. The summed E-state index contributed by atoms with van der Waals surface area (Å²) in [5, 5.41) is 0. The van der Waals surface area contributed by atoms with Crippen LogP contribution in [0.4, 0.5) is 0 Å². The van der Waals surface area contributed by atoms with Crippen molar-refractivity contribution in [3.63, 3.8) is 0 Å². The van der Waals surface area contributed by atoms with Crippen molar-refractivity contribution >= 4 is 5.91 Å². The van der Waals surface area contributed by atoms with Crippen LogP contribution in [0, 0.1) is 5.92 Å². The minimum atomic E-state index is 0.253. The maximum absolute atomic E-state index is 12.0. The molecule has 1 saturated heterocycles. The zero-order valence-electron chi connectivity index (χ0n) is 11.7. The molecule has 1 unspecified atom stereocenters. The first-order valence-electron chi connectivity index (χ1n) is 7.11. The molecule has 0 saturated carbocycles. The Balaban J connectivity index is 1.66. The van der Waals surface area contributed by atoms with Gasteiger partial charge in [0.15, 0.2) is 0 Å². The Bertz CT molecular complexity index is 385. The number of hydrogen-bond donors (Lipinski definition) is 0. The van der Waals surface area contributed by atoms with Crippen LogP contribution in [-0.2, 0) is 16.0 Å². The lowest BCUT2D eigenvalue weighted by atomic mass is 10.1. The lowest BCUT2D eigenvalue weighted by molar-refractivity contribution is -0.130. The van der Waals surface area contributed by atoms with Crippen LogP contribution < -0.4 is 0 Å². The first kappa shape index (κ1) is 14.1. The van der Waals surface area contributed by atoms with Gasteiger partial charge in [0.05, 0.1) is 6.61 Å². The van der Waals surface area contributed by atoms with Crippen molar-refractivity contribution in [3.05, 3.63) is 35.9 Å². The van der Waals surface area contributed by atoms with Crippen LogP contribution in [0.5, 0.6) is 0 Å². The Hall–Kier alpha value is -1.35. The second kappa shape index (κ2) is 7.29. The van der Waals surface area contributed by atoms with Gasteiger partial charge in [0.2, 0.25) is 5.91 Å². The third-order valence-corrected chi connectivity index (χ3v) is 3.68. The molecule has 3 heteroatoms. The van der Waals surface area contributed by atoms with E-state index in [1.807, 2.05) is 30.1 Å². The van der Waals surface area contributed by atoms with Crippen LogP contribution in [-0.4, -0.2) is 37.6 Å². The van der Waals surface area contributed by atoms with Gasteiger partial charge in [0.25, 0.3) is 0 Å². The summed E-state index contributed by atoms with van der Waals surface area (Å²) in [6.07, 6.45) is 3.63. The molecule has 1 aromatic rings. The standard InChI is InChI=1S/C16H23NO2/c1-17(12-15-10-11-19-13-15)16(18)9-5-8-14-6-3-2-4-7-14/h2-4,6-7,15H,5,8-13H2,1H3. The number of carbonyl (C=O) groups excluding carboxylic acids is 1. The van der Waals surface area contributed by atoms with E-state index in [0.29, 0.717) is 12.3 Å². The van der Waals surface area contributed by atoms with Gasteiger partial charge in [-0.2, -0.15) is 0 Å². The third-order valence-electron chi connectivity index (χ3n) is 3.68. The molecule has 1 aliphatic heterocycles. The number of benzene rings is 1. The lowest BCUT2D eigenvalue weighted by Crippen LogP contribution is -2.31. The van der Waals surface area contributed by atoms with Crippen molar-refractivity contribution in [3.8, 4) is 0 Å². The van der Waals surface area contributed by atoms with E-state index in [4.69, 9.17) is 4.74 Å². The van der Waals surface area contributed by atoms with Crippen molar-refractivity contribution in [2.75, 3.05) is 26.8 Å². The van der Waals surface area contributed by atoms with Crippen molar-refractivity contribution in [1.29, 1.82) is 0 Å². The number of rotatable bonds is 6. The van der Waals surface area contributed by atoms with Gasteiger partial charge >= 0.3 is 0 Å². The zero-order chi connectivity index (χ0) is 13.5. The SMILES string of the molecule is CN(CC1CCOC1)C(=O)CCCc1ccccc1. The summed E-state index contributed by atoms with van der Waals surface area (Å²) in [5.41, 5.74) is 1.31. The Morgan fingerprint density at radius 2 is 2.16 bits per heavy atom. The highest BCUT2D eigenvalue weighted by Gasteiger charge is 2.19. The van der Waals surface area contributed by atoms with Crippen molar-refractivity contribution in [2.45, 2.75) is 25.7 Å². The molecular weight excluding hydrogens is 238 g/mol. The second-order valence-electron chi connectivity index (χ2n) is 5.34. The molecule has 0 bridgehead atoms. The zero-order valence-corrected chi connectivity index (χ0v) is 11.7. The summed E-state index contributed by atoms with van der Waals surface area (Å²) in [6.45, 7) is 2.49. The number of carbonyl (C=O) groups is 1. The molecule has 3 nitrogen and oxygen atoms in total. The Kier molecular flexibility index (Phi) is 5.40. The molecule has 1 aromatic carbocycles. The predicted molar refractivity (Wildman–Crippen MR) is 75.9 cm³/mol. The van der Waals surface area contributed by atoms with Gasteiger partial charge in [-0.05, 0) is 24.8 Å². The molecule has 0 aliphatic carbocycles. The van der Waals surface area contributed by atoms with Crippen LogP contribution in [0.2, 0.25) is 0 Å². The van der Waals surface area contributed by atoms with E-state index in [1.165, 1.54) is 5.56 Å². The van der Waals surface area contributed by atoms with E-state index >= 15 is 0 Å². The summed E-state index contributed by atoms with van der Waals surface area (Å²) in [4.78, 5) is 13.9. The highest BCUT2D eigenvalue weighted by atomic mass is 16.5. The topological polar surface area (TPSA) is 29.5 Å². The molecule has 0 N–H and O–H groups in total. The van der Waals surface area contributed by atoms with E-state index in [-0.39, 0.29) is 5.91 Å². The second-order valence-corrected chi connectivity index (χ2v) is 5.34.